The zero-order valence-electron chi connectivity index (χ0n) is 19.4. The first-order valence-corrected chi connectivity index (χ1v) is 11.8. The minimum absolute atomic E-state index is 0.143. The summed E-state index contributed by atoms with van der Waals surface area (Å²) >= 11 is 0. The Morgan fingerprint density at radius 1 is 1.15 bits per heavy atom. The number of pyridine rings is 2. The highest BCUT2D eigenvalue weighted by atomic mass is 16.6. The van der Waals surface area contributed by atoms with E-state index in [0.717, 1.165) is 44.0 Å². The molecule has 0 spiro atoms. The van der Waals surface area contributed by atoms with Crippen molar-refractivity contribution in [3.05, 3.63) is 46.6 Å². The van der Waals surface area contributed by atoms with Crippen molar-refractivity contribution in [1.29, 1.82) is 0 Å². The summed E-state index contributed by atoms with van der Waals surface area (Å²) in [4.78, 5) is 28.1. The predicted molar refractivity (Wildman–Crippen MR) is 126 cm³/mol. The van der Waals surface area contributed by atoms with Crippen molar-refractivity contribution in [3.63, 3.8) is 0 Å². The van der Waals surface area contributed by atoms with Gasteiger partial charge in [-0.1, -0.05) is 0 Å². The molecule has 180 valence electrons. The van der Waals surface area contributed by atoms with E-state index in [9.17, 15) is 4.79 Å². The van der Waals surface area contributed by atoms with Crippen molar-refractivity contribution in [2.75, 3.05) is 46.5 Å². The quantitative estimate of drug-likeness (QED) is 0.528. The predicted octanol–water partition coefficient (Wildman–Crippen LogP) is 1.47. The van der Waals surface area contributed by atoms with Crippen LogP contribution in [0.15, 0.2) is 35.4 Å². The molecule has 0 radical (unpaired) electrons. The molecule has 10 nitrogen and oxygen atoms in total. The number of hydrogen-bond acceptors (Lipinski definition) is 9. The van der Waals surface area contributed by atoms with Gasteiger partial charge in [0.1, 0.15) is 18.7 Å². The van der Waals surface area contributed by atoms with E-state index in [2.05, 4.69) is 25.2 Å². The van der Waals surface area contributed by atoms with Gasteiger partial charge in [-0.3, -0.25) is 14.3 Å². The third kappa shape index (κ3) is 5.13. The minimum Gasteiger partial charge on any atom is -0.486 e. The average Bonchev–Trinajstić information content (AvgIpc) is 2.88. The smallest absolute Gasteiger partial charge is 0.270 e. The second-order valence-corrected chi connectivity index (χ2v) is 8.70. The Kier molecular flexibility index (Phi) is 6.87. The molecule has 0 bridgehead atoms. The van der Waals surface area contributed by atoms with Crippen molar-refractivity contribution in [3.8, 4) is 17.4 Å². The molecule has 5 rings (SSSR count). The molecule has 0 unspecified atom stereocenters. The maximum Gasteiger partial charge on any atom is 0.270 e. The minimum atomic E-state index is -0.143. The van der Waals surface area contributed by atoms with E-state index in [0.29, 0.717) is 55.0 Å². The van der Waals surface area contributed by atoms with Crippen molar-refractivity contribution < 1.29 is 14.2 Å². The summed E-state index contributed by atoms with van der Waals surface area (Å²) in [6.07, 6.45) is 5.44. The molecule has 0 saturated carbocycles. The number of methoxy groups -OCH3 is 1. The van der Waals surface area contributed by atoms with Crippen LogP contribution in [0.3, 0.4) is 0 Å². The van der Waals surface area contributed by atoms with Crippen LogP contribution in [0.4, 0.5) is 0 Å². The van der Waals surface area contributed by atoms with E-state index in [1.807, 2.05) is 12.1 Å². The maximum atomic E-state index is 12.5. The van der Waals surface area contributed by atoms with Crippen molar-refractivity contribution in [2.24, 2.45) is 5.92 Å². The van der Waals surface area contributed by atoms with Crippen LogP contribution in [0.1, 0.15) is 18.5 Å². The van der Waals surface area contributed by atoms with Crippen LogP contribution in [0.5, 0.6) is 17.4 Å². The number of rotatable bonds is 8. The van der Waals surface area contributed by atoms with Gasteiger partial charge in [-0.05, 0) is 37.9 Å². The van der Waals surface area contributed by atoms with Gasteiger partial charge in [0.15, 0.2) is 17.1 Å². The largest absolute Gasteiger partial charge is 0.486 e. The molecular weight excluding hydrogens is 436 g/mol. The van der Waals surface area contributed by atoms with E-state index in [1.165, 1.54) is 12.6 Å². The fraction of sp³-hybridized carbons (Fsp3) is 0.500. The number of aromatic nitrogens is 4. The number of hydrogen-bond donors (Lipinski definition) is 1. The number of piperidine rings is 1. The number of fused-ring (bicyclic) bond motifs is 2. The first-order chi connectivity index (χ1) is 16.7. The number of nitrogens with one attached hydrogen (secondary N) is 1. The van der Waals surface area contributed by atoms with Crippen molar-refractivity contribution in [1.82, 2.24) is 29.7 Å². The molecule has 3 aromatic rings. The standard InChI is InChI=1S/C24H30N6O4/c1-32-22-5-4-19-24(28-22)30(23(31)15-27-19)8-7-29-6-2-3-17(16-29)12-25-13-18-11-20-21(14-26-18)34-10-9-33-20/h4-5,11,14-15,17,25H,2-3,6-10,12-13,16H2,1H3/t17-/m0/s1. The Morgan fingerprint density at radius 3 is 2.91 bits per heavy atom. The molecule has 10 heteroatoms. The van der Waals surface area contributed by atoms with Gasteiger partial charge in [0.05, 0.1) is 25.2 Å². The van der Waals surface area contributed by atoms with Gasteiger partial charge in [0.2, 0.25) is 5.88 Å². The van der Waals surface area contributed by atoms with Gasteiger partial charge in [0.25, 0.3) is 5.56 Å². The first-order valence-electron chi connectivity index (χ1n) is 11.8. The van der Waals surface area contributed by atoms with Crippen LogP contribution in [-0.2, 0) is 13.1 Å². The third-order valence-electron chi connectivity index (χ3n) is 6.34. The lowest BCUT2D eigenvalue weighted by Gasteiger charge is -2.33. The topological polar surface area (TPSA) is 104 Å². The Morgan fingerprint density at radius 2 is 2.03 bits per heavy atom. The first kappa shape index (κ1) is 22.5. The molecule has 0 aromatic carbocycles. The molecule has 0 aliphatic carbocycles. The summed E-state index contributed by atoms with van der Waals surface area (Å²) in [6.45, 7) is 6.15. The van der Waals surface area contributed by atoms with E-state index in [-0.39, 0.29) is 5.56 Å². The molecule has 2 aliphatic rings. The summed E-state index contributed by atoms with van der Waals surface area (Å²) in [5.74, 6) is 2.51. The number of likely N-dealkylation sites (tertiary alicyclic amines) is 1. The average molecular weight is 467 g/mol. The highest BCUT2D eigenvalue weighted by molar-refractivity contribution is 5.70. The van der Waals surface area contributed by atoms with Crippen LogP contribution < -0.4 is 25.1 Å². The van der Waals surface area contributed by atoms with E-state index < -0.39 is 0 Å². The van der Waals surface area contributed by atoms with E-state index >= 15 is 0 Å². The Balaban J connectivity index is 1.15. The molecular formula is C24H30N6O4. The molecule has 1 N–H and O–H groups in total. The monoisotopic (exact) mass is 466 g/mol. The van der Waals surface area contributed by atoms with Crippen LogP contribution in [0.2, 0.25) is 0 Å². The van der Waals surface area contributed by atoms with E-state index in [1.54, 1.807) is 23.9 Å². The summed E-state index contributed by atoms with van der Waals surface area (Å²) in [5, 5.41) is 3.55. The maximum absolute atomic E-state index is 12.5. The number of ether oxygens (including phenoxy) is 3. The fourth-order valence-corrected chi connectivity index (χ4v) is 4.60. The molecule has 3 aromatic heterocycles. The molecule has 2 aliphatic heterocycles. The van der Waals surface area contributed by atoms with Crippen LogP contribution >= 0.6 is 0 Å². The zero-order chi connectivity index (χ0) is 23.3. The van der Waals surface area contributed by atoms with Gasteiger partial charge < -0.3 is 24.4 Å². The second-order valence-electron chi connectivity index (χ2n) is 8.70. The van der Waals surface area contributed by atoms with Gasteiger partial charge in [-0.2, -0.15) is 4.98 Å². The lowest BCUT2D eigenvalue weighted by atomic mass is 9.98. The fourth-order valence-electron chi connectivity index (χ4n) is 4.60. The van der Waals surface area contributed by atoms with Crippen LogP contribution in [-0.4, -0.2) is 70.9 Å². The second kappa shape index (κ2) is 10.4. The van der Waals surface area contributed by atoms with Gasteiger partial charge in [-0.15, -0.1) is 0 Å². The van der Waals surface area contributed by atoms with Crippen LogP contribution in [0, 0.1) is 5.92 Å². The van der Waals surface area contributed by atoms with Crippen molar-refractivity contribution >= 4 is 11.2 Å². The zero-order valence-corrected chi connectivity index (χ0v) is 19.4. The molecule has 1 fully saturated rings. The SMILES string of the molecule is COc1ccc2ncc(=O)n(CCN3CCC[C@@H](CNCc4cc5c(cn4)OCCO5)C3)c2n1. The third-order valence-corrected chi connectivity index (χ3v) is 6.34. The Bertz CT molecular complexity index is 1200. The Hall–Kier alpha value is -3.24. The summed E-state index contributed by atoms with van der Waals surface area (Å²) < 4.78 is 18.1. The highest BCUT2D eigenvalue weighted by Gasteiger charge is 2.20. The molecule has 0 amide bonds. The normalized spacial score (nSPS) is 18.2. The summed E-state index contributed by atoms with van der Waals surface area (Å²) in [7, 11) is 1.57. The molecule has 5 heterocycles. The van der Waals surface area contributed by atoms with Crippen molar-refractivity contribution in [2.45, 2.75) is 25.9 Å². The number of nitrogens with zero attached hydrogens (tertiary/aromatic N) is 5. The van der Waals surface area contributed by atoms with Gasteiger partial charge in [-0.25, -0.2) is 4.98 Å². The highest BCUT2D eigenvalue weighted by Crippen LogP contribution is 2.29. The molecule has 1 saturated heterocycles. The summed E-state index contributed by atoms with van der Waals surface area (Å²) in [5.41, 5.74) is 2.06. The lowest BCUT2D eigenvalue weighted by Crippen LogP contribution is -2.41. The molecule has 1 atom stereocenters. The summed E-state index contributed by atoms with van der Waals surface area (Å²) in [6, 6.07) is 5.54. The van der Waals surface area contributed by atoms with Gasteiger partial charge >= 0.3 is 0 Å². The Labute approximate surface area is 197 Å². The van der Waals surface area contributed by atoms with E-state index in [4.69, 9.17) is 14.2 Å². The lowest BCUT2D eigenvalue weighted by molar-refractivity contribution is 0.166. The van der Waals surface area contributed by atoms with Crippen LogP contribution in [0.25, 0.3) is 11.2 Å². The molecule has 34 heavy (non-hydrogen) atoms. The van der Waals surface area contributed by atoms with Gasteiger partial charge in [0, 0.05) is 38.3 Å².